The molecule has 12 heteroatoms. The van der Waals surface area contributed by atoms with E-state index in [1.165, 1.54) is 83.5 Å². The van der Waals surface area contributed by atoms with Crippen LogP contribution in [0.1, 0.15) is 386 Å². The molecule has 12 nitrogen and oxygen atoms in total. The molecule has 12 atom stereocenters. The smallest absolute Gasteiger partial charge is 0.197 e. The van der Waals surface area contributed by atoms with E-state index in [0.29, 0.717) is 82.9 Å². The molecule has 12 aromatic rings. The molecule has 0 saturated heterocycles. The molecule has 0 saturated carbocycles. The lowest BCUT2D eigenvalue weighted by Crippen LogP contribution is -2.17. The number of rotatable bonds is 47. The SMILES string of the molecule is CCC(C)c1ccc(O)cc1.CCC(C)c1ccc(O)cc1.CCC(C)c1ccc(O)cc1.CCC(C)c1ccc(O)cc1.CCC(C)c1ccc(OC(C)OCCCCc2ccc(C(C)C)cc2)cc1.CCC(C)c1ccc(OC(C)OCCCCc2ccc(C)cc2)cc1.CCC(C)c1ccc(OC(C)OCCCCc2ccccc2)cc1.CCc1ccc(COC(C)Oc2ccc(C(C)CC)cc2)cc1. The predicted octanol–water partition coefficient (Wildman–Crippen LogP) is 36.7. The predicted molar refractivity (Wildman–Crippen MR) is 604 cm³/mol. The second-order valence-electron chi connectivity index (χ2n) is 38.7. The Hall–Kier alpha value is -11.1. The summed E-state index contributed by atoms with van der Waals surface area (Å²) in [6.45, 7) is 54.6. The van der Waals surface area contributed by atoms with Gasteiger partial charge in [-0.2, -0.15) is 0 Å². The Morgan fingerprint density at radius 2 is 0.406 bits per heavy atom. The van der Waals surface area contributed by atoms with E-state index in [2.05, 4.69) is 290 Å². The van der Waals surface area contributed by atoms with Gasteiger partial charge in [0.1, 0.15) is 46.0 Å². The highest BCUT2D eigenvalue weighted by Crippen LogP contribution is 2.31. The van der Waals surface area contributed by atoms with Gasteiger partial charge in [0.15, 0.2) is 25.2 Å². The third kappa shape index (κ3) is 51.3. The van der Waals surface area contributed by atoms with Crippen LogP contribution < -0.4 is 18.9 Å². The first-order valence-electron chi connectivity index (χ1n) is 53.8. The minimum Gasteiger partial charge on any atom is -0.508 e. The van der Waals surface area contributed by atoms with Gasteiger partial charge in [0.25, 0.3) is 0 Å². The second-order valence-corrected chi connectivity index (χ2v) is 38.7. The van der Waals surface area contributed by atoms with Gasteiger partial charge in [0, 0.05) is 0 Å². The van der Waals surface area contributed by atoms with E-state index in [-0.39, 0.29) is 25.2 Å². The fourth-order valence-corrected chi connectivity index (χ4v) is 15.1. The van der Waals surface area contributed by atoms with Crippen molar-refractivity contribution < 1.29 is 58.3 Å². The Balaban J connectivity index is 0.000000295. The topological polar surface area (TPSA) is 155 Å². The molecule has 12 unspecified atom stereocenters. The molecule has 0 aliphatic rings. The van der Waals surface area contributed by atoms with Crippen molar-refractivity contribution in [2.24, 2.45) is 0 Å². The normalized spacial score (nSPS) is 13.3. The largest absolute Gasteiger partial charge is 0.508 e. The van der Waals surface area contributed by atoms with Crippen molar-refractivity contribution in [3.63, 3.8) is 0 Å². The number of unbranched alkanes of at least 4 members (excludes halogenated alkanes) is 3. The quantitative estimate of drug-likeness (QED) is 0.0212. The molecular formula is C131H182O12. The third-order valence-electron chi connectivity index (χ3n) is 26.9. The summed E-state index contributed by atoms with van der Waals surface area (Å²) in [5.41, 5.74) is 20.1. The summed E-state index contributed by atoms with van der Waals surface area (Å²) in [5, 5.41) is 36.0. The number of aryl methyl sites for hydroxylation is 5. The second kappa shape index (κ2) is 71.4. The number of ether oxygens (including phenoxy) is 8. The minimum atomic E-state index is -0.268. The van der Waals surface area contributed by atoms with Gasteiger partial charge in [0.05, 0.1) is 26.4 Å². The average Bonchev–Trinajstić information content (AvgIpc) is 0.882. The Morgan fingerprint density at radius 1 is 0.203 bits per heavy atom. The molecule has 12 aromatic carbocycles. The van der Waals surface area contributed by atoms with Gasteiger partial charge in [0.2, 0.25) is 0 Å². The average molecular weight is 1950 g/mol. The Bertz CT molecular complexity index is 4920. The van der Waals surface area contributed by atoms with Crippen LogP contribution in [0.2, 0.25) is 0 Å². The fraction of sp³-hybridized carbons (Fsp3) is 0.450. The van der Waals surface area contributed by atoms with Gasteiger partial charge in [-0.1, -0.05) is 337 Å². The molecule has 12 rings (SSSR count). The van der Waals surface area contributed by atoms with Gasteiger partial charge in [-0.25, -0.2) is 0 Å². The van der Waals surface area contributed by atoms with Gasteiger partial charge < -0.3 is 58.3 Å². The first-order valence-corrected chi connectivity index (χ1v) is 53.8. The van der Waals surface area contributed by atoms with Crippen molar-refractivity contribution in [2.75, 3.05) is 19.8 Å². The van der Waals surface area contributed by atoms with Crippen LogP contribution in [-0.4, -0.2) is 65.4 Å². The standard InChI is InChI=1S/C25H36O2.C23H32O2.C22H30O2.C21H28O2.4C10H14O/c1-6-20(4)24-14-16-25(17-15-24)27-21(5)26-18-8-7-9-22-10-12-23(13-11-22)19(2)3;1-5-19(3)22-13-15-23(16-14-22)25-20(4)24-17-7-6-8-21-11-9-18(2)10-12-21;1-4-18(2)21-13-15-22(16-14-21)24-19(3)23-17-9-8-12-20-10-6-5-7-11-20;1-5-16(3)20-11-13-21(14-12-20)23-17(4)22-15-19-9-7-18(6-2)8-10-19;4*1-3-8(2)9-4-6-10(11)7-5-9/h10-17,19-21H,6-9,18H2,1-5H3;9-16,19-20H,5-8,17H2,1-4H3;5-7,10-11,13-16,18-19H,4,8-9,12,17H2,1-3H3;7-14,16-17H,5-6,15H2,1-4H3;4*4-8,11H,3H2,1-2H3. The number of hydrogen-bond acceptors (Lipinski definition) is 12. The highest BCUT2D eigenvalue weighted by molar-refractivity contribution is 5.36. The Morgan fingerprint density at radius 3 is 0.636 bits per heavy atom. The van der Waals surface area contributed by atoms with E-state index < -0.39 is 0 Å². The molecule has 0 aliphatic carbocycles. The maximum absolute atomic E-state index is 9.01. The van der Waals surface area contributed by atoms with Gasteiger partial charge in [-0.05, 0) is 378 Å². The maximum Gasteiger partial charge on any atom is 0.197 e. The first kappa shape index (κ1) is 122. The molecule has 0 aromatic heterocycles. The summed E-state index contributed by atoms with van der Waals surface area (Å²) in [4.78, 5) is 0. The van der Waals surface area contributed by atoms with Crippen LogP contribution in [0.15, 0.2) is 297 Å². The van der Waals surface area contributed by atoms with E-state index in [9.17, 15) is 0 Å². The van der Waals surface area contributed by atoms with Crippen LogP contribution in [0.5, 0.6) is 46.0 Å². The summed E-state index contributed by atoms with van der Waals surface area (Å²) >= 11 is 0. The van der Waals surface area contributed by atoms with Crippen LogP contribution in [0.3, 0.4) is 0 Å². The lowest BCUT2D eigenvalue weighted by molar-refractivity contribution is -0.0759. The highest BCUT2D eigenvalue weighted by Gasteiger charge is 2.15. The van der Waals surface area contributed by atoms with Crippen molar-refractivity contribution in [1.29, 1.82) is 0 Å². The van der Waals surface area contributed by atoms with Crippen LogP contribution in [-0.2, 0) is 51.2 Å². The number of benzene rings is 12. The van der Waals surface area contributed by atoms with E-state index in [1.807, 2.05) is 125 Å². The molecule has 0 fully saturated rings. The minimum absolute atomic E-state index is 0.212. The summed E-state index contributed by atoms with van der Waals surface area (Å²) in [5.74, 6) is 10.2. The van der Waals surface area contributed by atoms with E-state index in [4.69, 9.17) is 58.3 Å². The summed E-state index contributed by atoms with van der Waals surface area (Å²) in [6.07, 6.45) is 19.2. The first-order chi connectivity index (χ1) is 68.8. The third-order valence-corrected chi connectivity index (χ3v) is 26.9. The highest BCUT2D eigenvalue weighted by atomic mass is 16.7. The van der Waals surface area contributed by atoms with Gasteiger partial charge in [-0.15, -0.1) is 0 Å². The Labute approximate surface area is 866 Å². The molecule has 0 radical (unpaired) electrons. The fourth-order valence-electron chi connectivity index (χ4n) is 15.1. The lowest BCUT2D eigenvalue weighted by Gasteiger charge is -2.16. The molecule has 143 heavy (non-hydrogen) atoms. The van der Waals surface area contributed by atoms with E-state index >= 15 is 0 Å². The summed E-state index contributed by atoms with van der Waals surface area (Å²) in [7, 11) is 0. The van der Waals surface area contributed by atoms with Crippen LogP contribution >= 0.6 is 0 Å². The molecule has 4 N–H and O–H groups in total. The number of hydrogen-bond donors (Lipinski definition) is 4. The number of phenols is 4. The molecule has 0 bridgehead atoms. The van der Waals surface area contributed by atoms with E-state index in [0.717, 1.165) is 158 Å². The molecule has 778 valence electrons. The van der Waals surface area contributed by atoms with Crippen molar-refractivity contribution >= 4 is 0 Å². The van der Waals surface area contributed by atoms with Crippen molar-refractivity contribution in [3.05, 3.63) is 381 Å². The van der Waals surface area contributed by atoms with Crippen molar-refractivity contribution in [3.8, 4) is 46.0 Å². The molecule has 0 heterocycles. The lowest BCUT2D eigenvalue weighted by atomic mass is 9.99. The van der Waals surface area contributed by atoms with Crippen molar-refractivity contribution in [1.82, 2.24) is 0 Å². The number of phenolic OH excluding ortho intramolecular Hbond substituents is 4. The zero-order valence-electron chi connectivity index (χ0n) is 91.9. The van der Waals surface area contributed by atoms with Gasteiger partial charge >= 0.3 is 0 Å². The van der Waals surface area contributed by atoms with Crippen molar-refractivity contribution in [2.45, 2.75) is 367 Å². The molecular weight excluding hydrogens is 1770 g/mol. The Kier molecular flexibility index (Phi) is 61.1. The van der Waals surface area contributed by atoms with E-state index in [1.54, 1.807) is 48.5 Å². The molecule has 0 spiro atoms. The molecule has 0 aliphatic heterocycles. The maximum atomic E-state index is 9.01. The van der Waals surface area contributed by atoms with Crippen LogP contribution in [0.4, 0.5) is 0 Å². The summed E-state index contributed by atoms with van der Waals surface area (Å²) in [6, 6.07) is 100. The summed E-state index contributed by atoms with van der Waals surface area (Å²) < 4.78 is 46.5. The molecule has 0 amide bonds. The van der Waals surface area contributed by atoms with Crippen LogP contribution in [0.25, 0.3) is 0 Å². The van der Waals surface area contributed by atoms with Crippen LogP contribution in [0, 0.1) is 6.92 Å². The zero-order chi connectivity index (χ0) is 105. The van der Waals surface area contributed by atoms with Gasteiger partial charge in [-0.3, -0.25) is 0 Å². The number of aromatic hydroxyl groups is 4. The monoisotopic (exact) mass is 1950 g/mol. The zero-order valence-corrected chi connectivity index (χ0v) is 91.9.